The van der Waals surface area contributed by atoms with Crippen molar-refractivity contribution in [3.05, 3.63) is 45.6 Å². The fourth-order valence-corrected chi connectivity index (χ4v) is 7.81. The van der Waals surface area contributed by atoms with E-state index in [0.717, 1.165) is 48.1 Å². The molecular weight excluding hydrogens is 596 g/mol. The summed E-state index contributed by atoms with van der Waals surface area (Å²) >= 11 is 0. The maximum absolute atomic E-state index is 13.5. The minimum absolute atomic E-state index is 0.142. The molecule has 256 valence electrons. The molecule has 0 aromatic heterocycles. The molecule has 0 saturated carbocycles. The maximum Gasteiger partial charge on any atom is 0.220 e. The second-order valence-electron chi connectivity index (χ2n) is 13.1. The van der Waals surface area contributed by atoms with Gasteiger partial charge in [0, 0.05) is 38.0 Å². The van der Waals surface area contributed by atoms with Gasteiger partial charge >= 0.3 is 0 Å². The minimum Gasteiger partial charge on any atom is -0.493 e. The average molecular weight is 649 g/mol. The predicted octanol–water partition coefficient (Wildman–Crippen LogP) is 5.22. The Morgan fingerprint density at radius 1 is 0.915 bits per heavy atom. The van der Waals surface area contributed by atoms with E-state index in [4.69, 9.17) is 14.2 Å². The van der Waals surface area contributed by atoms with Gasteiger partial charge in [0.15, 0.2) is 11.5 Å². The summed E-state index contributed by atoms with van der Waals surface area (Å²) in [7, 11) is 4.75. The van der Waals surface area contributed by atoms with Gasteiger partial charge in [-0.3, -0.25) is 14.4 Å². The van der Waals surface area contributed by atoms with Crippen LogP contribution in [-0.4, -0.2) is 70.3 Å². The van der Waals surface area contributed by atoms with Crippen molar-refractivity contribution >= 4 is 17.5 Å². The molecule has 2 heterocycles. The Hall–Kier alpha value is -3.79. The third-order valence-corrected chi connectivity index (χ3v) is 10.1. The molecule has 2 saturated heterocycles. The van der Waals surface area contributed by atoms with Crippen LogP contribution in [-0.2, 0) is 16.0 Å². The highest BCUT2D eigenvalue weighted by atomic mass is 16.5. The molecule has 0 radical (unpaired) electrons. The van der Waals surface area contributed by atoms with Gasteiger partial charge in [-0.15, -0.1) is 0 Å². The molecule has 2 fully saturated rings. The molecular formula is C37H52N4O6. The van der Waals surface area contributed by atoms with Gasteiger partial charge in [0.05, 0.1) is 33.1 Å². The zero-order valence-corrected chi connectivity index (χ0v) is 28.5. The number of unbranched alkanes of at least 4 members (excludes halogenated alkanes) is 2. The van der Waals surface area contributed by atoms with Crippen LogP contribution in [0.3, 0.4) is 0 Å². The summed E-state index contributed by atoms with van der Waals surface area (Å²) in [5, 5.41) is 9.58. The number of fused-ring (bicyclic) bond motifs is 4. The Morgan fingerprint density at radius 2 is 1.72 bits per heavy atom. The molecule has 2 aromatic rings. The van der Waals surface area contributed by atoms with Crippen molar-refractivity contribution in [2.75, 3.05) is 52.8 Å². The average Bonchev–Trinajstić information content (AvgIpc) is 3.32. The zero-order valence-electron chi connectivity index (χ0n) is 28.5. The third-order valence-electron chi connectivity index (χ3n) is 10.1. The van der Waals surface area contributed by atoms with E-state index in [1.165, 1.54) is 52.1 Å². The summed E-state index contributed by atoms with van der Waals surface area (Å²) < 4.78 is 17.2. The molecule has 10 heteroatoms. The Morgan fingerprint density at radius 3 is 2.49 bits per heavy atom. The third kappa shape index (κ3) is 8.20. The van der Waals surface area contributed by atoms with E-state index in [1.807, 2.05) is 18.2 Å². The van der Waals surface area contributed by atoms with Crippen LogP contribution in [0.15, 0.2) is 29.1 Å². The van der Waals surface area contributed by atoms with Gasteiger partial charge in [-0.1, -0.05) is 18.9 Å². The number of hydrogen-bond donors (Lipinski definition) is 3. The summed E-state index contributed by atoms with van der Waals surface area (Å²) in [5.41, 5.74) is 3.69. The number of nitrogens with zero attached hydrogens (tertiary/aromatic N) is 1. The highest BCUT2D eigenvalue weighted by Crippen LogP contribution is 2.50. The van der Waals surface area contributed by atoms with Crippen molar-refractivity contribution in [1.82, 2.24) is 15.5 Å². The van der Waals surface area contributed by atoms with Crippen molar-refractivity contribution in [3.8, 4) is 28.4 Å². The summed E-state index contributed by atoms with van der Waals surface area (Å²) in [6.07, 6.45) is 10.7. The van der Waals surface area contributed by atoms with Crippen LogP contribution in [0.4, 0.5) is 5.69 Å². The van der Waals surface area contributed by atoms with Crippen molar-refractivity contribution in [2.24, 2.45) is 5.92 Å². The highest BCUT2D eigenvalue weighted by molar-refractivity contribution is 5.83. The van der Waals surface area contributed by atoms with E-state index in [2.05, 4.69) is 20.9 Å². The number of nitrogens with one attached hydrogen (secondary N) is 3. The Bertz CT molecular complexity index is 1480. The van der Waals surface area contributed by atoms with E-state index >= 15 is 0 Å². The van der Waals surface area contributed by atoms with E-state index in [0.29, 0.717) is 60.7 Å². The smallest absolute Gasteiger partial charge is 0.220 e. The summed E-state index contributed by atoms with van der Waals surface area (Å²) in [6, 6.07) is 7.60. The lowest BCUT2D eigenvalue weighted by molar-refractivity contribution is -0.122. The predicted molar refractivity (Wildman–Crippen MR) is 185 cm³/mol. The Kier molecular flexibility index (Phi) is 12.0. The maximum atomic E-state index is 13.5. The first-order chi connectivity index (χ1) is 22.8. The quantitative estimate of drug-likeness (QED) is 0.253. The van der Waals surface area contributed by atoms with Gasteiger partial charge in [0.2, 0.25) is 23.0 Å². The highest BCUT2D eigenvalue weighted by Gasteiger charge is 2.33. The molecule has 0 spiro atoms. The lowest BCUT2D eigenvalue weighted by Gasteiger charge is -2.44. The largest absolute Gasteiger partial charge is 0.493 e. The molecule has 2 amide bonds. The number of carbonyl (C=O) groups is 2. The standard InChI is InChI=1S/C37H52N4O6/c1-24(42)40-29-16-14-25-21-33(45-2)36(46-3)37(47-4)35(25)27-15-17-30(32(43)22-28(27)29)38-18-8-5-6-13-34(44)39-23-26-11-10-20-41-19-9-7-12-31(26)41/h15,17,21-22,26,29,31H,5-14,16,18-20,23H2,1-4H3,(H,38,43)(H,39,44)(H,40,42)/t26-,29-,31+/m1/s1. The van der Waals surface area contributed by atoms with E-state index in [9.17, 15) is 14.4 Å². The van der Waals surface area contributed by atoms with Crippen LogP contribution >= 0.6 is 0 Å². The lowest BCUT2D eigenvalue weighted by Crippen LogP contribution is -2.50. The number of piperidine rings is 2. The first-order valence-electron chi connectivity index (χ1n) is 17.4. The Balaban J connectivity index is 1.21. The number of hydrogen-bond acceptors (Lipinski definition) is 8. The monoisotopic (exact) mass is 648 g/mol. The molecule has 5 rings (SSSR count). The molecule has 3 aliphatic rings. The van der Waals surface area contributed by atoms with Crippen LogP contribution in [0.5, 0.6) is 17.2 Å². The number of ether oxygens (including phenoxy) is 3. The molecule has 47 heavy (non-hydrogen) atoms. The molecule has 0 unspecified atom stereocenters. The van der Waals surface area contributed by atoms with Gasteiger partial charge in [0.25, 0.3) is 0 Å². The van der Waals surface area contributed by atoms with Crippen molar-refractivity contribution in [1.29, 1.82) is 0 Å². The topological polar surface area (TPSA) is 118 Å². The van der Waals surface area contributed by atoms with Gasteiger partial charge in [-0.2, -0.15) is 0 Å². The molecule has 2 aromatic carbocycles. The number of amides is 2. The zero-order chi connectivity index (χ0) is 33.3. The van der Waals surface area contributed by atoms with E-state index in [-0.39, 0.29) is 23.3 Å². The molecule has 3 atom stereocenters. The fraction of sp³-hybridized carbons (Fsp3) is 0.595. The number of anilines is 1. The summed E-state index contributed by atoms with van der Waals surface area (Å²) in [4.78, 5) is 41.0. The summed E-state index contributed by atoms with van der Waals surface area (Å²) in [5.74, 6) is 2.12. The fourth-order valence-electron chi connectivity index (χ4n) is 7.81. The molecule has 2 aliphatic heterocycles. The number of rotatable bonds is 13. The lowest BCUT2D eigenvalue weighted by atomic mass is 9.83. The number of aryl methyl sites for hydroxylation is 1. The van der Waals surface area contributed by atoms with Crippen molar-refractivity contribution in [3.63, 3.8) is 0 Å². The van der Waals surface area contributed by atoms with Crippen LogP contribution in [0, 0.1) is 5.92 Å². The van der Waals surface area contributed by atoms with Crippen LogP contribution in [0.25, 0.3) is 11.1 Å². The minimum atomic E-state index is -0.351. The van der Waals surface area contributed by atoms with Gasteiger partial charge in [-0.25, -0.2) is 0 Å². The van der Waals surface area contributed by atoms with Crippen LogP contribution < -0.4 is 35.6 Å². The van der Waals surface area contributed by atoms with Gasteiger partial charge in [0.1, 0.15) is 0 Å². The van der Waals surface area contributed by atoms with Gasteiger partial charge < -0.3 is 35.1 Å². The molecule has 3 N–H and O–H groups in total. The van der Waals surface area contributed by atoms with Crippen LogP contribution in [0.1, 0.15) is 88.3 Å². The van der Waals surface area contributed by atoms with Crippen molar-refractivity contribution < 1.29 is 23.8 Å². The Labute approximate surface area is 278 Å². The van der Waals surface area contributed by atoms with E-state index in [1.54, 1.807) is 27.4 Å². The first-order valence-corrected chi connectivity index (χ1v) is 17.4. The second-order valence-corrected chi connectivity index (χ2v) is 13.1. The molecule has 10 nitrogen and oxygen atoms in total. The number of methoxy groups -OCH3 is 3. The SMILES string of the molecule is COc1cc2c(c(OC)c1OC)-c1ccc(NCCCCCC(=O)NC[C@H]3CCCN4CCCC[C@@H]34)c(=O)cc1[C@H](NC(C)=O)CC2. The molecule has 0 bridgehead atoms. The van der Waals surface area contributed by atoms with Crippen LogP contribution in [0.2, 0.25) is 0 Å². The van der Waals surface area contributed by atoms with Gasteiger partial charge in [-0.05, 0) is 105 Å². The molecule has 1 aliphatic carbocycles. The van der Waals surface area contributed by atoms with E-state index < -0.39 is 0 Å². The normalized spacial score (nSPS) is 20.5. The van der Waals surface area contributed by atoms with Crippen molar-refractivity contribution in [2.45, 2.75) is 89.6 Å². The number of carbonyl (C=O) groups excluding carboxylic acids is 2. The first kappa shape index (κ1) is 34.5. The second kappa shape index (κ2) is 16.4. The summed E-state index contributed by atoms with van der Waals surface area (Å²) in [6.45, 7) is 5.33. The number of benzene rings is 1.